The van der Waals surface area contributed by atoms with Crippen LogP contribution in [0.4, 0.5) is 11.4 Å². The lowest BCUT2D eigenvalue weighted by molar-refractivity contribution is -0.384. The molecule has 8 nitrogen and oxygen atoms in total. The van der Waals surface area contributed by atoms with Gasteiger partial charge in [0, 0.05) is 37.2 Å². The molecule has 0 fully saturated rings. The van der Waals surface area contributed by atoms with Gasteiger partial charge in [0.1, 0.15) is 5.69 Å². The summed E-state index contributed by atoms with van der Waals surface area (Å²) in [6.07, 6.45) is 4.71. The second-order valence-corrected chi connectivity index (χ2v) is 9.57. The molecule has 0 aliphatic rings. The Bertz CT molecular complexity index is 1140. The molecule has 0 radical (unpaired) electrons. The number of nitrogens with zero attached hydrogens (tertiary/aromatic N) is 3. The lowest BCUT2D eigenvalue weighted by atomic mass is 10.1. The van der Waals surface area contributed by atoms with E-state index < -0.39 is 14.8 Å². The zero-order valence-corrected chi connectivity index (χ0v) is 18.4. The lowest BCUT2D eigenvalue weighted by Crippen LogP contribution is -2.20. The summed E-state index contributed by atoms with van der Waals surface area (Å²) >= 11 is 0. The minimum atomic E-state index is -3.50. The molecule has 0 spiro atoms. The summed E-state index contributed by atoms with van der Waals surface area (Å²) in [5.41, 5.74) is 3.31. The van der Waals surface area contributed by atoms with Gasteiger partial charge >= 0.3 is 0 Å². The molecule has 3 rings (SSSR count). The van der Waals surface area contributed by atoms with E-state index in [9.17, 15) is 18.5 Å². The monoisotopic (exact) mass is 442 g/mol. The number of nitrogens with one attached hydrogen (secondary N) is 1. The van der Waals surface area contributed by atoms with Gasteiger partial charge in [-0.25, -0.2) is 8.42 Å². The van der Waals surface area contributed by atoms with Crippen molar-refractivity contribution in [3.05, 3.63) is 70.4 Å². The number of H-pyrrole nitrogens is 1. The summed E-state index contributed by atoms with van der Waals surface area (Å²) in [6, 6.07) is 16.1. The topological polar surface area (TPSA) is 109 Å². The van der Waals surface area contributed by atoms with E-state index in [0.717, 1.165) is 55.0 Å². The number of aromatic amines is 1. The Labute approximate surface area is 182 Å². The Morgan fingerprint density at radius 1 is 1.06 bits per heavy atom. The minimum absolute atomic E-state index is 0.0502. The Kier molecular flexibility index (Phi) is 7.06. The van der Waals surface area contributed by atoms with Gasteiger partial charge < -0.3 is 4.90 Å². The standard InChI is InChI=1S/C22H26N4O4S/c1-25(21-13-12-19(31(2,29)30)16-22(21)26(27)28)14-8-4-7-11-18-15-20(24-23-18)17-9-5-3-6-10-17/h3,5-6,9-10,12-13,15-16H,4,7-8,11,14H2,1-2H3,(H,23,24). The van der Waals surface area contributed by atoms with Crippen molar-refractivity contribution in [2.45, 2.75) is 30.6 Å². The van der Waals surface area contributed by atoms with Crippen LogP contribution in [0.2, 0.25) is 0 Å². The van der Waals surface area contributed by atoms with Gasteiger partial charge in [-0.05, 0) is 37.5 Å². The first kappa shape index (κ1) is 22.5. The third-order valence-electron chi connectivity index (χ3n) is 5.12. The Hall–Kier alpha value is -3.20. The predicted octanol–water partition coefficient (Wildman–Crippen LogP) is 4.24. The van der Waals surface area contributed by atoms with Crippen LogP contribution in [-0.4, -0.2) is 43.4 Å². The second-order valence-electron chi connectivity index (χ2n) is 7.56. The third-order valence-corrected chi connectivity index (χ3v) is 6.23. The van der Waals surface area contributed by atoms with E-state index in [2.05, 4.69) is 16.3 Å². The summed E-state index contributed by atoms with van der Waals surface area (Å²) in [6.45, 7) is 0.636. The maximum atomic E-state index is 11.7. The van der Waals surface area contributed by atoms with Crippen molar-refractivity contribution in [2.24, 2.45) is 0 Å². The summed E-state index contributed by atoms with van der Waals surface area (Å²) in [4.78, 5) is 12.6. The van der Waals surface area contributed by atoms with Crippen LogP contribution in [0, 0.1) is 10.1 Å². The van der Waals surface area contributed by atoms with E-state index in [0.29, 0.717) is 12.2 Å². The second kappa shape index (κ2) is 9.74. The molecule has 0 atom stereocenters. The van der Waals surface area contributed by atoms with Crippen LogP contribution in [0.1, 0.15) is 25.0 Å². The number of hydrogen-bond acceptors (Lipinski definition) is 6. The number of nitro groups is 1. The Morgan fingerprint density at radius 2 is 1.81 bits per heavy atom. The molecule has 1 aromatic heterocycles. The van der Waals surface area contributed by atoms with E-state index in [1.165, 1.54) is 12.1 Å². The molecular weight excluding hydrogens is 416 g/mol. The van der Waals surface area contributed by atoms with Crippen LogP contribution in [0.5, 0.6) is 0 Å². The number of sulfone groups is 1. The molecule has 1 heterocycles. The molecule has 0 saturated carbocycles. The van der Waals surface area contributed by atoms with E-state index >= 15 is 0 Å². The highest BCUT2D eigenvalue weighted by Gasteiger charge is 2.20. The highest BCUT2D eigenvalue weighted by Crippen LogP contribution is 2.30. The van der Waals surface area contributed by atoms with E-state index in [4.69, 9.17) is 0 Å². The molecule has 2 aromatic carbocycles. The largest absolute Gasteiger partial charge is 0.369 e. The van der Waals surface area contributed by atoms with Gasteiger partial charge in [0.2, 0.25) is 0 Å². The molecule has 1 N–H and O–H groups in total. The van der Waals surface area contributed by atoms with Crippen LogP contribution in [0.15, 0.2) is 59.5 Å². The maximum absolute atomic E-state index is 11.7. The minimum Gasteiger partial charge on any atom is -0.369 e. The number of benzene rings is 2. The molecular formula is C22H26N4O4S. The van der Waals surface area contributed by atoms with Crippen LogP contribution < -0.4 is 4.90 Å². The molecule has 9 heteroatoms. The molecule has 0 unspecified atom stereocenters. The first-order valence-electron chi connectivity index (χ1n) is 10.0. The van der Waals surface area contributed by atoms with Crippen molar-refractivity contribution < 1.29 is 13.3 Å². The quantitative estimate of drug-likeness (QED) is 0.286. The van der Waals surface area contributed by atoms with Crippen LogP contribution in [0.25, 0.3) is 11.3 Å². The molecule has 0 aliphatic carbocycles. The van der Waals surface area contributed by atoms with Crippen molar-refractivity contribution >= 4 is 21.2 Å². The van der Waals surface area contributed by atoms with Gasteiger partial charge in [-0.1, -0.05) is 36.8 Å². The van der Waals surface area contributed by atoms with Crippen molar-refractivity contribution in [2.75, 3.05) is 24.7 Å². The number of anilines is 1. The lowest BCUT2D eigenvalue weighted by Gasteiger charge is -2.19. The fraction of sp³-hybridized carbons (Fsp3) is 0.318. The summed E-state index contributed by atoms with van der Waals surface area (Å²) in [7, 11) is -1.72. The summed E-state index contributed by atoms with van der Waals surface area (Å²) < 4.78 is 23.4. The van der Waals surface area contributed by atoms with Crippen molar-refractivity contribution in [3.63, 3.8) is 0 Å². The molecule has 0 bridgehead atoms. The number of hydrogen-bond donors (Lipinski definition) is 1. The first-order valence-corrected chi connectivity index (χ1v) is 11.9. The van der Waals surface area contributed by atoms with Gasteiger partial charge in [0.05, 0.1) is 15.5 Å². The van der Waals surface area contributed by atoms with E-state index in [1.54, 1.807) is 11.9 Å². The average Bonchev–Trinajstić information content (AvgIpc) is 3.22. The SMILES string of the molecule is CN(CCCCCc1cc(-c2ccccc2)n[nH]1)c1ccc(S(C)(=O)=O)cc1[N+](=O)[O-]. The van der Waals surface area contributed by atoms with E-state index in [1.807, 2.05) is 30.3 Å². The molecule has 0 amide bonds. The highest BCUT2D eigenvalue weighted by molar-refractivity contribution is 7.90. The summed E-state index contributed by atoms with van der Waals surface area (Å²) in [5, 5.41) is 18.9. The molecule has 0 saturated heterocycles. The van der Waals surface area contributed by atoms with Gasteiger partial charge in [0.25, 0.3) is 5.69 Å². The van der Waals surface area contributed by atoms with Crippen LogP contribution in [-0.2, 0) is 16.3 Å². The van der Waals surface area contributed by atoms with Crippen molar-refractivity contribution in [1.82, 2.24) is 10.2 Å². The Morgan fingerprint density at radius 3 is 2.48 bits per heavy atom. The summed E-state index contributed by atoms with van der Waals surface area (Å²) in [5.74, 6) is 0. The normalized spacial score (nSPS) is 11.4. The third kappa shape index (κ3) is 5.91. The maximum Gasteiger partial charge on any atom is 0.293 e. The fourth-order valence-electron chi connectivity index (χ4n) is 3.41. The number of nitro benzene ring substituents is 1. The van der Waals surface area contributed by atoms with Crippen LogP contribution >= 0.6 is 0 Å². The number of aromatic nitrogens is 2. The van der Waals surface area contributed by atoms with E-state index in [-0.39, 0.29) is 10.6 Å². The van der Waals surface area contributed by atoms with Crippen molar-refractivity contribution in [1.29, 1.82) is 0 Å². The number of rotatable bonds is 10. The van der Waals surface area contributed by atoms with Crippen molar-refractivity contribution in [3.8, 4) is 11.3 Å². The van der Waals surface area contributed by atoms with Gasteiger partial charge in [0.15, 0.2) is 9.84 Å². The fourth-order valence-corrected chi connectivity index (χ4v) is 4.05. The predicted molar refractivity (Wildman–Crippen MR) is 121 cm³/mol. The zero-order valence-electron chi connectivity index (χ0n) is 17.6. The average molecular weight is 443 g/mol. The van der Waals surface area contributed by atoms with Gasteiger partial charge in [-0.2, -0.15) is 5.10 Å². The molecule has 0 aliphatic heterocycles. The van der Waals surface area contributed by atoms with Gasteiger partial charge in [-0.15, -0.1) is 0 Å². The Balaban J connectivity index is 1.51. The molecule has 3 aromatic rings. The first-order chi connectivity index (χ1) is 14.8. The number of unbranched alkanes of at least 4 members (excludes halogenated alkanes) is 2. The highest BCUT2D eigenvalue weighted by atomic mass is 32.2. The van der Waals surface area contributed by atoms with Crippen LogP contribution in [0.3, 0.4) is 0 Å². The number of aryl methyl sites for hydroxylation is 1. The smallest absolute Gasteiger partial charge is 0.293 e. The zero-order chi connectivity index (χ0) is 22.4. The van der Waals surface area contributed by atoms with Gasteiger partial charge in [-0.3, -0.25) is 15.2 Å². The molecule has 164 valence electrons. The molecule has 31 heavy (non-hydrogen) atoms.